The molecule has 1 aromatic carbocycles. The van der Waals surface area contributed by atoms with Gasteiger partial charge in [-0.05, 0) is 17.7 Å². The smallest absolute Gasteiger partial charge is 0.411 e. The monoisotopic (exact) mass is 305 g/mol. The van der Waals surface area contributed by atoms with E-state index in [1.165, 1.54) is 18.2 Å². The number of hydrogen-bond donors (Lipinski definition) is 2. The van der Waals surface area contributed by atoms with E-state index in [1.807, 2.05) is 0 Å². The second kappa shape index (κ2) is 7.63. The lowest BCUT2D eigenvalue weighted by molar-refractivity contribution is -0.173. The van der Waals surface area contributed by atoms with Crippen LogP contribution in [0.15, 0.2) is 24.3 Å². The zero-order valence-corrected chi connectivity index (χ0v) is 10.9. The molecule has 8 heteroatoms. The van der Waals surface area contributed by atoms with E-state index in [4.69, 9.17) is 5.11 Å². The Balaban J connectivity index is 2.31. The molecule has 1 amide bonds. The summed E-state index contributed by atoms with van der Waals surface area (Å²) in [4.78, 5) is 22.3. The first kappa shape index (κ1) is 17.0. The van der Waals surface area contributed by atoms with Gasteiger partial charge in [0, 0.05) is 6.54 Å². The molecule has 0 saturated heterocycles. The van der Waals surface area contributed by atoms with Crippen molar-refractivity contribution in [2.24, 2.45) is 0 Å². The van der Waals surface area contributed by atoms with E-state index in [2.05, 4.69) is 10.1 Å². The van der Waals surface area contributed by atoms with Gasteiger partial charge in [0.1, 0.15) is 6.61 Å². The molecule has 116 valence electrons. The number of aromatic carboxylic acids is 1. The lowest BCUT2D eigenvalue weighted by atomic mass is 10.1. The number of halogens is 3. The number of nitrogens with one attached hydrogen (secondary N) is 1. The van der Waals surface area contributed by atoms with Crippen LogP contribution in [0.4, 0.5) is 13.2 Å². The number of benzene rings is 1. The predicted octanol–water partition coefficient (Wildman–Crippen LogP) is 1.62. The van der Waals surface area contributed by atoms with Crippen molar-refractivity contribution in [1.82, 2.24) is 5.32 Å². The van der Waals surface area contributed by atoms with Gasteiger partial charge < -0.3 is 15.2 Å². The van der Waals surface area contributed by atoms with Gasteiger partial charge >= 0.3 is 12.1 Å². The summed E-state index contributed by atoms with van der Waals surface area (Å²) in [6.07, 6.45) is -4.44. The summed E-state index contributed by atoms with van der Waals surface area (Å²) >= 11 is 0. The van der Waals surface area contributed by atoms with Crippen molar-refractivity contribution >= 4 is 11.9 Å². The average Bonchev–Trinajstić information content (AvgIpc) is 2.37. The normalized spacial score (nSPS) is 11.2. The Morgan fingerprint density at radius 3 is 2.62 bits per heavy atom. The van der Waals surface area contributed by atoms with Gasteiger partial charge in [0.15, 0.2) is 0 Å². The minimum atomic E-state index is -4.39. The van der Waals surface area contributed by atoms with Crippen LogP contribution in [0.3, 0.4) is 0 Å². The number of alkyl halides is 3. The quantitative estimate of drug-likeness (QED) is 0.751. The number of rotatable bonds is 7. The van der Waals surface area contributed by atoms with Crippen LogP contribution >= 0.6 is 0 Å². The van der Waals surface area contributed by atoms with Crippen molar-refractivity contribution in [2.45, 2.75) is 12.6 Å². The molecule has 0 bridgehead atoms. The van der Waals surface area contributed by atoms with Crippen molar-refractivity contribution < 1.29 is 32.6 Å². The topological polar surface area (TPSA) is 75.6 Å². The summed E-state index contributed by atoms with van der Waals surface area (Å²) in [7, 11) is 0. The number of amides is 1. The Hall–Kier alpha value is -2.09. The van der Waals surface area contributed by atoms with Gasteiger partial charge in [-0.1, -0.05) is 12.1 Å². The fourth-order valence-electron chi connectivity index (χ4n) is 1.51. The number of carboxylic acids is 1. The average molecular weight is 305 g/mol. The van der Waals surface area contributed by atoms with E-state index in [1.54, 1.807) is 6.07 Å². The standard InChI is InChI=1S/C13H14F3NO4/c14-13(15,16)8-21-5-4-17-11(18)7-9-2-1-3-10(6-9)12(19)20/h1-3,6H,4-5,7-8H2,(H,17,18)(H,19,20). The molecule has 21 heavy (non-hydrogen) atoms. The van der Waals surface area contributed by atoms with E-state index in [9.17, 15) is 22.8 Å². The second-order valence-corrected chi connectivity index (χ2v) is 4.20. The first-order valence-corrected chi connectivity index (χ1v) is 6.01. The van der Waals surface area contributed by atoms with E-state index >= 15 is 0 Å². The highest BCUT2D eigenvalue weighted by molar-refractivity contribution is 5.88. The third kappa shape index (κ3) is 7.31. The minimum Gasteiger partial charge on any atom is -0.478 e. The zero-order valence-electron chi connectivity index (χ0n) is 10.9. The fourth-order valence-corrected chi connectivity index (χ4v) is 1.51. The molecule has 0 aliphatic rings. The molecule has 1 aromatic rings. The molecule has 0 spiro atoms. The zero-order chi connectivity index (χ0) is 15.9. The maximum atomic E-state index is 11.8. The predicted molar refractivity (Wildman–Crippen MR) is 67.0 cm³/mol. The molecule has 0 aromatic heterocycles. The molecule has 0 aliphatic carbocycles. The maximum Gasteiger partial charge on any atom is 0.411 e. The van der Waals surface area contributed by atoms with E-state index in [0.29, 0.717) is 5.56 Å². The molecule has 0 atom stereocenters. The first-order chi connectivity index (χ1) is 9.78. The van der Waals surface area contributed by atoms with Crippen molar-refractivity contribution in [3.8, 4) is 0 Å². The largest absolute Gasteiger partial charge is 0.478 e. The number of carboxylic acid groups (broad SMARTS) is 1. The molecule has 5 nitrogen and oxygen atoms in total. The Morgan fingerprint density at radius 1 is 1.29 bits per heavy atom. The summed E-state index contributed by atoms with van der Waals surface area (Å²) in [5.74, 6) is -1.52. The van der Waals surface area contributed by atoms with Crippen LogP contribution in [-0.2, 0) is 16.0 Å². The van der Waals surface area contributed by atoms with Gasteiger partial charge in [0.05, 0.1) is 18.6 Å². The van der Waals surface area contributed by atoms with Crippen LogP contribution in [0.1, 0.15) is 15.9 Å². The highest BCUT2D eigenvalue weighted by Gasteiger charge is 2.27. The molecule has 1 rings (SSSR count). The molecule has 0 saturated carbocycles. The van der Waals surface area contributed by atoms with Gasteiger partial charge in [-0.3, -0.25) is 4.79 Å². The first-order valence-electron chi connectivity index (χ1n) is 6.01. The Labute approximate surface area is 118 Å². The molecule has 0 fully saturated rings. The Morgan fingerprint density at radius 2 is 2.00 bits per heavy atom. The van der Waals surface area contributed by atoms with Crippen molar-refractivity contribution in [3.05, 3.63) is 35.4 Å². The van der Waals surface area contributed by atoms with Crippen molar-refractivity contribution in [1.29, 1.82) is 0 Å². The van der Waals surface area contributed by atoms with Crippen LogP contribution in [0.25, 0.3) is 0 Å². The van der Waals surface area contributed by atoms with Crippen LogP contribution in [-0.4, -0.2) is 42.9 Å². The van der Waals surface area contributed by atoms with Crippen molar-refractivity contribution in [2.75, 3.05) is 19.8 Å². The molecular formula is C13H14F3NO4. The van der Waals surface area contributed by atoms with Gasteiger partial charge in [-0.15, -0.1) is 0 Å². The molecule has 2 N–H and O–H groups in total. The lowest BCUT2D eigenvalue weighted by Gasteiger charge is -2.08. The van der Waals surface area contributed by atoms with Gasteiger partial charge in [0.2, 0.25) is 5.91 Å². The highest BCUT2D eigenvalue weighted by Crippen LogP contribution is 2.13. The Kier molecular flexibility index (Phi) is 6.16. The number of carbonyl (C=O) groups is 2. The van der Waals surface area contributed by atoms with Crippen LogP contribution in [0, 0.1) is 0 Å². The third-order valence-electron chi connectivity index (χ3n) is 2.37. The molecule has 0 heterocycles. The van der Waals surface area contributed by atoms with Crippen molar-refractivity contribution in [3.63, 3.8) is 0 Å². The molecule has 0 aliphatic heterocycles. The summed E-state index contributed by atoms with van der Waals surface area (Å²) in [5, 5.41) is 11.2. The minimum absolute atomic E-state index is 0.0481. The Bertz CT molecular complexity index is 502. The van der Waals surface area contributed by atoms with Gasteiger partial charge in [0.25, 0.3) is 0 Å². The SMILES string of the molecule is O=C(Cc1cccc(C(=O)O)c1)NCCOCC(F)(F)F. The maximum absolute atomic E-state index is 11.8. The summed E-state index contributed by atoms with van der Waals surface area (Å²) < 4.78 is 39.6. The van der Waals surface area contributed by atoms with Crippen LogP contribution in [0.2, 0.25) is 0 Å². The van der Waals surface area contributed by atoms with Crippen LogP contribution < -0.4 is 5.32 Å². The fraction of sp³-hybridized carbons (Fsp3) is 0.385. The van der Waals surface area contributed by atoms with E-state index in [-0.39, 0.29) is 25.1 Å². The molecular weight excluding hydrogens is 291 g/mol. The summed E-state index contributed by atoms with van der Waals surface area (Å²) in [6, 6.07) is 5.86. The van der Waals surface area contributed by atoms with E-state index in [0.717, 1.165) is 0 Å². The number of ether oxygens (including phenoxy) is 1. The number of hydrogen-bond acceptors (Lipinski definition) is 3. The van der Waals surface area contributed by atoms with E-state index < -0.39 is 24.7 Å². The van der Waals surface area contributed by atoms with Gasteiger partial charge in [-0.2, -0.15) is 13.2 Å². The van der Waals surface area contributed by atoms with Gasteiger partial charge in [-0.25, -0.2) is 4.79 Å². The highest BCUT2D eigenvalue weighted by atomic mass is 19.4. The lowest BCUT2D eigenvalue weighted by Crippen LogP contribution is -2.30. The summed E-state index contributed by atoms with van der Waals surface area (Å²) in [6.45, 7) is -1.66. The third-order valence-corrected chi connectivity index (χ3v) is 2.37. The molecule has 0 unspecified atom stereocenters. The second-order valence-electron chi connectivity index (χ2n) is 4.20. The van der Waals surface area contributed by atoms with Crippen LogP contribution in [0.5, 0.6) is 0 Å². The molecule has 0 radical (unpaired) electrons. The number of carbonyl (C=O) groups excluding carboxylic acids is 1. The summed E-state index contributed by atoms with van der Waals surface area (Å²) in [5.41, 5.74) is 0.567.